The number of aromatic hydroxyl groups is 1. The van der Waals surface area contributed by atoms with Gasteiger partial charge in [0.2, 0.25) is 0 Å². The van der Waals surface area contributed by atoms with Crippen molar-refractivity contribution in [1.82, 2.24) is 4.90 Å². The second-order valence-electron chi connectivity index (χ2n) is 10.1. The summed E-state index contributed by atoms with van der Waals surface area (Å²) < 4.78 is 0. The molecule has 2 rings (SSSR count). The Morgan fingerprint density at radius 2 is 1.29 bits per heavy atom. The first-order valence-electron chi connectivity index (χ1n) is 10.7. The summed E-state index contributed by atoms with van der Waals surface area (Å²) in [6.07, 6.45) is 2.39. The van der Waals surface area contributed by atoms with Crippen molar-refractivity contribution >= 4 is 0 Å². The molecule has 0 aliphatic heterocycles. The zero-order chi connectivity index (χ0) is 20.9. The summed E-state index contributed by atoms with van der Waals surface area (Å²) in [6, 6.07) is 15.1. The molecule has 0 spiro atoms. The molecule has 0 aliphatic rings. The lowest BCUT2D eigenvalue weighted by atomic mass is 9.78. The predicted octanol–water partition coefficient (Wildman–Crippen LogP) is 6.79. The minimum atomic E-state index is -0.0895. The van der Waals surface area contributed by atoms with E-state index in [2.05, 4.69) is 95.8 Å². The normalized spacial score (nSPS) is 12.6. The van der Waals surface area contributed by atoms with Crippen molar-refractivity contribution < 1.29 is 5.11 Å². The van der Waals surface area contributed by atoms with Crippen LogP contribution in [-0.2, 0) is 23.9 Å². The van der Waals surface area contributed by atoms with Crippen LogP contribution >= 0.6 is 0 Å². The van der Waals surface area contributed by atoms with Crippen LogP contribution in [0.5, 0.6) is 5.75 Å². The minimum absolute atomic E-state index is 0.0895. The lowest BCUT2D eigenvalue weighted by Crippen LogP contribution is -2.25. The quantitative estimate of drug-likeness (QED) is 0.571. The van der Waals surface area contributed by atoms with Crippen molar-refractivity contribution in [1.29, 1.82) is 0 Å². The van der Waals surface area contributed by atoms with Gasteiger partial charge in [0.1, 0.15) is 5.75 Å². The largest absolute Gasteiger partial charge is 0.507 e. The molecule has 0 heterocycles. The lowest BCUT2D eigenvalue weighted by Gasteiger charge is -2.30. The van der Waals surface area contributed by atoms with Gasteiger partial charge in [-0.15, -0.1) is 0 Å². The first-order chi connectivity index (χ1) is 13.0. The number of hydrogen-bond donors (Lipinski definition) is 1. The molecule has 2 aromatic rings. The second-order valence-corrected chi connectivity index (χ2v) is 10.1. The highest BCUT2D eigenvalue weighted by atomic mass is 16.3. The van der Waals surface area contributed by atoms with Crippen molar-refractivity contribution in [2.45, 2.75) is 85.2 Å². The predicted molar refractivity (Wildman–Crippen MR) is 121 cm³/mol. The molecular formula is C26H39NO. The molecular weight excluding hydrogens is 342 g/mol. The van der Waals surface area contributed by atoms with E-state index in [4.69, 9.17) is 0 Å². The Bertz CT molecular complexity index is 715. The molecule has 154 valence electrons. The SMILES string of the molecule is CCCCN(Cc1ccccc1)Cc1cc(C(C)(C)C)c(O)c(C(C)(C)C)c1. The zero-order valence-corrected chi connectivity index (χ0v) is 19.0. The van der Waals surface area contributed by atoms with Gasteiger partial charge in [-0.25, -0.2) is 0 Å². The summed E-state index contributed by atoms with van der Waals surface area (Å²) in [7, 11) is 0. The van der Waals surface area contributed by atoms with Crippen molar-refractivity contribution in [3.63, 3.8) is 0 Å². The highest BCUT2D eigenvalue weighted by Gasteiger charge is 2.26. The number of hydrogen-bond acceptors (Lipinski definition) is 2. The topological polar surface area (TPSA) is 23.5 Å². The molecule has 0 saturated carbocycles. The number of phenols is 1. The molecule has 28 heavy (non-hydrogen) atoms. The molecule has 0 aliphatic carbocycles. The fourth-order valence-electron chi connectivity index (χ4n) is 3.62. The molecule has 2 aromatic carbocycles. The second kappa shape index (κ2) is 9.13. The van der Waals surface area contributed by atoms with E-state index < -0.39 is 0 Å². The summed E-state index contributed by atoms with van der Waals surface area (Å²) >= 11 is 0. The number of phenolic OH excluding ortho intramolecular Hbond substituents is 1. The van der Waals surface area contributed by atoms with Gasteiger partial charge in [0.15, 0.2) is 0 Å². The monoisotopic (exact) mass is 381 g/mol. The van der Waals surface area contributed by atoms with Crippen molar-refractivity contribution in [2.75, 3.05) is 6.54 Å². The van der Waals surface area contributed by atoms with Crippen molar-refractivity contribution in [2.24, 2.45) is 0 Å². The highest BCUT2D eigenvalue weighted by Crippen LogP contribution is 2.40. The van der Waals surface area contributed by atoms with E-state index in [1.165, 1.54) is 24.0 Å². The summed E-state index contributed by atoms with van der Waals surface area (Å²) in [5.74, 6) is 0.465. The van der Waals surface area contributed by atoms with Crippen LogP contribution in [0.4, 0.5) is 0 Å². The van der Waals surface area contributed by atoms with E-state index in [0.29, 0.717) is 5.75 Å². The lowest BCUT2D eigenvalue weighted by molar-refractivity contribution is 0.252. The van der Waals surface area contributed by atoms with Crippen molar-refractivity contribution in [3.8, 4) is 5.75 Å². The number of benzene rings is 2. The molecule has 2 nitrogen and oxygen atoms in total. The van der Waals surface area contributed by atoms with E-state index in [1.54, 1.807) is 0 Å². The van der Waals surface area contributed by atoms with E-state index in [0.717, 1.165) is 30.8 Å². The first kappa shape index (κ1) is 22.5. The molecule has 1 N–H and O–H groups in total. The minimum Gasteiger partial charge on any atom is -0.507 e. The fourth-order valence-corrected chi connectivity index (χ4v) is 3.62. The maximum Gasteiger partial charge on any atom is 0.123 e. The van der Waals surface area contributed by atoms with Crippen LogP contribution in [0.3, 0.4) is 0 Å². The Hall–Kier alpha value is -1.80. The van der Waals surface area contributed by atoms with E-state index in [9.17, 15) is 5.11 Å². The summed E-state index contributed by atoms with van der Waals surface area (Å²) in [5.41, 5.74) is 4.56. The Morgan fingerprint density at radius 3 is 1.75 bits per heavy atom. The van der Waals surface area contributed by atoms with Gasteiger partial charge in [-0.05, 0) is 46.0 Å². The number of rotatable bonds is 7. The Morgan fingerprint density at radius 1 is 0.786 bits per heavy atom. The third-order valence-electron chi connectivity index (χ3n) is 5.27. The third-order valence-corrected chi connectivity index (χ3v) is 5.27. The van der Waals surface area contributed by atoms with Gasteiger partial charge in [0.25, 0.3) is 0 Å². The Kier molecular flexibility index (Phi) is 7.33. The molecule has 0 fully saturated rings. The van der Waals surface area contributed by atoms with Crippen LogP contribution in [0, 0.1) is 0 Å². The van der Waals surface area contributed by atoms with Crippen LogP contribution in [-0.4, -0.2) is 16.6 Å². The smallest absolute Gasteiger partial charge is 0.123 e. The van der Waals surface area contributed by atoms with Crippen LogP contribution in [0.2, 0.25) is 0 Å². The summed E-state index contributed by atoms with van der Waals surface area (Å²) in [5, 5.41) is 11.0. The van der Waals surface area contributed by atoms with Gasteiger partial charge >= 0.3 is 0 Å². The Labute approximate surface area is 172 Å². The molecule has 0 saturated heterocycles. The molecule has 0 radical (unpaired) electrons. The van der Waals surface area contributed by atoms with Gasteiger partial charge in [0, 0.05) is 13.1 Å². The molecule has 0 bridgehead atoms. The maximum absolute atomic E-state index is 11.0. The van der Waals surface area contributed by atoms with Gasteiger partial charge in [-0.3, -0.25) is 4.90 Å². The highest BCUT2D eigenvalue weighted by molar-refractivity contribution is 5.49. The molecule has 0 amide bonds. The molecule has 0 aromatic heterocycles. The average Bonchev–Trinajstić information content (AvgIpc) is 2.60. The molecule has 2 heteroatoms. The van der Waals surface area contributed by atoms with Gasteiger partial charge in [-0.2, -0.15) is 0 Å². The first-order valence-corrected chi connectivity index (χ1v) is 10.7. The van der Waals surface area contributed by atoms with E-state index >= 15 is 0 Å². The maximum atomic E-state index is 11.0. The van der Waals surface area contributed by atoms with Gasteiger partial charge in [0.05, 0.1) is 0 Å². The zero-order valence-electron chi connectivity index (χ0n) is 19.0. The van der Waals surface area contributed by atoms with Crippen LogP contribution < -0.4 is 0 Å². The molecule has 0 atom stereocenters. The number of unbranched alkanes of at least 4 members (excludes halogenated alkanes) is 1. The Balaban J connectivity index is 2.39. The summed E-state index contributed by atoms with van der Waals surface area (Å²) in [6.45, 7) is 18.3. The number of nitrogens with zero attached hydrogens (tertiary/aromatic N) is 1. The third kappa shape index (κ3) is 6.10. The van der Waals surface area contributed by atoms with Gasteiger partial charge < -0.3 is 5.11 Å². The van der Waals surface area contributed by atoms with E-state index in [-0.39, 0.29) is 10.8 Å². The van der Waals surface area contributed by atoms with Crippen LogP contribution in [0.1, 0.15) is 83.6 Å². The van der Waals surface area contributed by atoms with E-state index in [1.807, 2.05) is 0 Å². The molecule has 0 unspecified atom stereocenters. The summed E-state index contributed by atoms with van der Waals surface area (Å²) in [4.78, 5) is 2.53. The van der Waals surface area contributed by atoms with Crippen LogP contribution in [0.15, 0.2) is 42.5 Å². The fraction of sp³-hybridized carbons (Fsp3) is 0.538. The van der Waals surface area contributed by atoms with Gasteiger partial charge in [-0.1, -0.05) is 97.4 Å². The van der Waals surface area contributed by atoms with Crippen LogP contribution in [0.25, 0.3) is 0 Å². The van der Waals surface area contributed by atoms with Crippen molar-refractivity contribution in [3.05, 3.63) is 64.7 Å². The average molecular weight is 382 g/mol. The standard InChI is InChI=1S/C26H39NO/c1-8-9-15-27(18-20-13-11-10-12-14-20)19-21-16-22(25(2,3)4)24(28)23(17-21)26(5,6)7/h10-14,16-17,28H,8-9,15,18-19H2,1-7H3.